The van der Waals surface area contributed by atoms with E-state index in [0.29, 0.717) is 22.0 Å². The van der Waals surface area contributed by atoms with E-state index in [9.17, 15) is 29.8 Å². The van der Waals surface area contributed by atoms with E-state index in [2.05, 4.69) is 4.98 Å². The SMILES string of the molecule is O=C(C=Cc1ccc([N+](=O)[O-])cc1)c1c(-c2ccccc2)c2cc([N+](=O)[O-])ccc2[nH]c1=O. The van der Waals surface area contributed by atoms with Crippen LogP contribution in [0.25, 0.3) is 28.1 Å². The summed E-state index contributed by atoms with van der Waals surface area (Å²) in [5.41, 5.74) is 0.686. The fraction of sp³-hybridized carbons (Fsp3) is 0. The molecular formula is C24H15N3O6. The smallest absolute Gasteiger partial charge is 0.270 e. The van der Waals surface area contributed by atoms with Gasteiger partial charge in [-0.05, 0) is 35.4 Å². The number of aromatic nitrogens is 1. The Labute approximate surface area is 185 Å². The molecule has 0 aliphatic rings. The maximum atomic E-state index is 13.1. The maximum absolute atomic E-state index is 13.1. The van der Waals surface area contributed by atoms with Crippen molar-refractivity contribution in [3.8, 4) is 11.1 Å². The molecule has 0 unspecified atom stereocenters. The van der Waals surface area contributed by atoms with Crippen LogP contribution in [-0.2, 0) is 0 Å². The second-order valence-corrected chi connectivity index (χ2v) is 7.10. The van der Waals surface area contributed by atoms with Gasteiger partial charge in [-0.3, -0.25) is 29.8 Å². The first-order valence-electron chi connectivity index (χ1n) is 9.72. The summed E-state index contributed by atoms with van der Waals surface area (Å²) >= 11 is 0. The highest BCUT2D eigenvalue weighted by Crippen LogP contribution is 2.32. The summed E-state index contributed by atoms with van der Waals surface area (Å²) in [6.07, 6.45) is 2.64. The average Bonchev–Trinajstić information content (AvgIpc) is 2.82. The average molecular weight is 441 g/mol. The molecule has 4 rings (SSSR count). The lowest BCUT2D eigenvalue weighted by molar-refractivity contribution is -0.385. The molecule has 3 aromatic carbocycles. The van der Waals surface area contributed by atoms with E-state index < -0.39 is 21.2 Å². The van der Waals surface area contributed by atoms with Crippen LogP contribution in [0.2, 0.25) is 0 Å². The number of hydrogen-bond acceptors (Lipinski definition) is 6. The molecule has 0 aliphatic carbocycles. The first-order valence-corrected chi connectivity index (χ1v) is 9.72. The number of rotatable bonds is 6. The van der Waals surface area contributed by atoms with Crippen molar-refractivity contribution in [1.82, 2.24) is 4.98 Å². The van der Waals surface area contributed by atoms with E-state index >= 15 is 0 Å². The van der Waals surface area contributed by atoms with Crippen molar-refractivity contribution in [2.45, 2.75) is 0 Å². The third-order valence-corrected chi connectivity index (χ3v) is 5.05. The maximum Gasteiger partial charge on any atom is 0.270 e. The molecule has 0 saturated carbocycles. The summed E-state index contributed by atoms with van der Waals surface area (Å²) in [6, 6.07) is 18.3. The van der Waals surface area contributed by atoms with Gasteiger partial charge >= 0.3 is 0 Å². The zero-order chi connectivity index (χ0) is 23.5. The summed E-state index contributed by atoms with van der Waals surface area (Å²) in [5, 5.41) is 22.5. The fourth-order valence-corrected chi connectivity index (χ4v) is 3.50. The molecule has 0 saturated heterocycles. The predicted octanol–water partition coefficient (Wildman–Crippen LogP) is 4.91. The van der Waals surface area contributed by atoms with Gasteiger partial charge in [-0.2, -0.15) is 0 Å². The highest BCUT2D eigenvalue weighted by molar-refractivity contribution is 6.15. The standard InChI is InChI=1S/C24H15N3O6/c28-21(13-8-15-6-9-17(10-7-15)26(30)31)23-22(16-4-2-1-3-5-16)19-14-18(27(32)33)11-12-20(19)25-24(23)29/h1-14H,(H,25,29). The summed E-state index contributed by atoms with van der Waals surface area (Å²) in [4.78, 5) is 49.7. The van der Waals surface area contributed by atoms with Crippen molar-refractivity contribution in [2.24, 2.45) is 0 Å². The molecular weight excluding hydrogens is 426 g/mol. The third-order valence-electron chi connectivity index (χ3n) is 5.05. The summed E-state index contributed by atoms with van der Waals surface area (Å²) in [7, 11) is 0. The van der Waals surface area contributed by atoms with Gasteiger partial charge in [0.1, 0.15) is 0 Å². The Balaban J connectivity index is 1.88. The lowest BCUT2D eigenvalue weighted by atomic mass is 9.93. The van der Waals surface area contributed by atoms with Crippen molar-refractivity contribution < 1.29 is 14.6 Å². The number of benzene rings is 3. The summed E-state index contributed by atoms with van der Waals surface area (Å²) in [6.45, 7) is 0. The van der Waals surface area contributed by atoms with E-state index in [-0.39, 0.29) is 22.5 Å². The molecule has 0 radical (unpaired) electrons. The van der Waals surface area contributed by atoms with E-state index in [0.717, 1.165) is 0 Å². The molecule has 9 heteroatoms. The van der Waals surface area contributed by atoms with Crippen molar-refractivity contribution in [2.75, 3.05) is 0 Å². The molecule has 0 spiro atoms. The van der Waals surface area contributed by atoms with E-state index in [1.165, 1.54) is 54.6 Å². The van der Waals surface area contributed by atoms with Gasteiger partial charge in [-0.1, -0.05) is 36.4 Å². The number of allylic oxidation sites excluding steroid dienone is 1. The quantitative estimate of drug-likeness (QED) is 0.195. The van der Waals surface area contributed by atoms with Crippen molar-refractivity contribution in [1.29, 1.82) is 0 Å². The number of pyridine rings is 1. The normalized spacial score (nSPS) is 11.0. The summed E-state index contributed by atoms with van der Waals surface area (Å²) in [5.74, 6) is -0.609. The molecule has 0 fully saturated rings. The van der Waals surface area contributed by atoms with Crippen LogP contribution in [0.1, 0.15) is 15.9 Å². The van der Waals surface area contributed by atoms with Crippen LogP contribution in [0.3, 0.4) is 0 Å². The number of nitro groups is 2. The number of aromatic amines is 1. The van der Waals surface area contributed by atoms with Gasteiger partial charge in [0.05, 0.1) is 15.4 Å². The second-order valence-electron chi connectivity index (χ2n) is 7.10. The number of carbonyl (C=O) groups is 1. The molecule has 162 valence electrons. The Morgan fingerprint density at radius 2 is 1.48 bits per heavy atom. The molecule has 0 amide bonds. The van der Waals surface area contributed by atoms with E-state index in [1.54, 1.807) is 30.3 Å². The highest BCUT2D eigenvalue weighted by Gasteiger charge is 2.21. The van der Waals surface area contributed by atoms with E-state index in [4.69, 9.17) is 0 Å². The number of ketones is 1. The van der Waals surface area contributed by atoms with Crippen molar-refractivity contribution in [3.05, 3.63) is 121 Å². The lowest BCUT2D eigenvalue weighted by Gasteiger charge is -2.11. The molecule has 0 aliphatic heterocycles. The van der Waals surface area contributed by atoms with Crippen LogP contribution in [0.4, 0.5) is 11.4 Å². The van der Waals surface area contributed by atoms with Gasteiger partial charge in [0, 0.05) is 40.7 Å². The molecule has 0 bridgehead atoms. The fourth-order valence-electron chi connectivity index (χ4n) is 3.50. The zero-order valence-electron chi connectivity index (χ0n) is 16.9. The minimum atomic E-state index is -0.631. The molecule has 0 atom stereocenters. The molecule has 1 heterocycles. The second kappa shape index (κ2) is 8.67. The molecule has 1 N–H and O–H groups in total. The predicted molar refractivity (Wildman–Crippen MR) is 123 cm³/mol. The zero-order valence-corrected chi connectivity index (χ0v) is 16.9. The Bertz CT molecular complexity index is 1490. The van der Waals surface area contributed by atoms with Crippen LogP contribution in [-0.4, -0.2) is 20.6 Å². The Morgan fingerprint density at radius 1 is 0.848 bits per heavy atom. The lowest BCUT2D eigenvalue weighted by Crippen LogP contribution is -2.18. The number of H-pyrrole nitrogens is 1. The third kappa shape index (κ3) is 4.28. The first-order chi connectivity index (χ1) is 15.8. The van der Waals surface area contributed by atoms with E-state index in [1.807, 2.05) is 0 Å². The Hall–Kier alpha value is -4.92. The van der Waals surface area contributed by atoms with Gasteiger partial charge < -0.3 is 4.98 Å². The number of nitrogens with zero attached hydrogens (tertiary/aromatic N) is 2. The number of fused-ring (bicyclic) bond motifs is 1. The van der Waals surface area contributed by atoms with Crippen LogP contribution in [0, 0.1) is 20.2 Å². The van der Waals surface area contributed by atoms with Gasteiger partial charge in [0.2, 0.25) is 0 Å². The molecule has 1 aromatic heterocycles. The number of non-ortho nitro benzene ring substituents is 2. The Kier molecular flexibility index (Phi) is 5.60. The number of hydrogen-bond donors (Lipinski definition) is 1. The number of nitrogens with one attached hydrogen (secondary N) is 1. The topological polar surface area (TPSA) is 136 Å². The highest BCUT2D eigenvalue weighted by atomic mass is 16.6. The monoisotopic (exact) mass is 441 g/mol. The van der Waals surface area contributed by atoms with Crippen molar-refractivity contribution >= 4 is 34.1 Å². The summed E-state index contributed by atoms with van der Waals surface area (Å²) < 4.78 is 0. The van der Waals surface area contributed by atoms with Crippen LogP contribution < -0.4 is 5.56 Å². The minimum Gasteiger partial charge on any atom is -0.321 e. The van der Waals surface area contributed by atoms with Crippen LogP contribution in [0.5, 0.6) is 0 Å². The number of nitro benzene ring substituents is 2. The van der Waals surface area contributed by atoms with Gasteiger partial charge in [0.15, 0.2) is 5.78 Å². The Morgan fingerprint density at radius 3 is 2.12 bits per heavy atom. The molecule has 9 nitrogen and oxygen atoms in total. The minimum absolute atomic E-state index is 0.0857. The van der Waals surface area contributed by atoms with Crippen LogP contribution in [0.15, 0.2) is 83.7 Å². The molecule has 33 heavy (non-hydrogen) atoms. The van der Waals surface area contributed by atoms with Crippen molar-refractivity contribution in [3.63, 3.8) is 0 Å². The van der Waals surface area contributed by atoms with Gasteiger partial charge in [0.25, 0.3) is 16.9 Å². The number of carbonyl (C=O) groups excluding carboxylic acids is 1. The van der Waals surface area contributed by atoms with Gasteiger partial charge in [-0.15, -0.1) is 0 Å². The van der Waals surface area contributed by atoms with Crippen LogP contribution >= 0.6 is 0 Å². The first kappa shape index (κ1) is 21.3. The largest absolute Gasteiger partial charge is 0.321 e. The molecule has 4 aromatic rings. The van der Waals surface area contributed by atoms with Gasteiger partial charge in [-0.25, -0.2) is 0 Å².